The van der Waals surface area contributed by atoms with Crippen LogP contribution in [0.2, 0.25) is 0 Å². The zero-order chi connectivity index (χ0) is 47.8. The lowest BCUT2D eigenvalue weighted by atomic mass is 10.0. The highest BCUT2D eigenvalue weighted by Crippen LogP contribution is 2.32. The Morgan fingerprint density at radius 3 is 1.67 bits per heavy atom. The number of anilines is 1. The number of carbonyl (C=O) groups excluding carboxylic acids is 3. The fourth-order valence-corrected chi connectivity index (χ4v) is 6.68. The summed E-state index contributed by atoms with van der Waals surface area (Å²) >= 11 is 0. The van der Waals surface area contributed by atoms with Gasteiger partial charge < -0.3 is 20.0 Å². The van der Waals surface area contributed by atoms with Gasteiger partial charge in [0, 0.05) is 43.5 Å². The van der Waals surface area contributed by atoms with Crippen LogP contribution in [0.15, 0.2) is 83.3 Å². The van der Waals surface area contributed by atoms with Crippen molar-refractivity contribution in [2.24, 2.45) is 0 Å². The second-order valence-corrected chi connectivity index (χ2v) is 14.0. The average Bonchev–Trinajstić information content (AvgIpc) is 3.24. The first-order chi connectivity index (χ1) is 28.3. The van der Waals surface area contributed by atoms with Crippen molar-refractivity contribution in [3.63, 3.8) is 0 Å². The number of amides is 1. The summed E-state index contributed by atoms with van der Waals surface area (Å²) in [5.41, 5.74) is 4.63. The number of para-hydroxylation sites is 1. The summed E-state index contributed by atoms with van der Waals surface area (Å²) in [4.78, 5) is 30.7. The minimum atomic E-state index is -4.48. The second kappa shape index (κ2) is 34.5. The van der Waals surface area contributed by atoms with Gasteiger partial charge in [0.1, 0.15) is 24.6 Å². The molecule has 0 bridgehead atoms. The second-order valence-electron chi connectivity index (χ2n) is 12.6. The molecule has 3 aromatic carbocycles. The maximum atomic E-state index is 13.3. The van der Waals surface area contributed by atoms with E-state index >= 15 is 0 Å². The number of halogens is 6. The van der Waals surface area contributed by atoms with Gasteiger partial charge in [-0.2, -0.15) is 26.3 Å². The topological polar surface area (TPSA) is 107 Å². The Morgan fingerprint density at radius 2 is 1.28 bits per heavy atom. The van der Waals surface area contributed by atoms with Gasteiger partial charge in [0.25, 0.3) is 0 Å². The molecule has 1 heterocycles. The monoisotopic (exact) mass is 877 g/mol. The van der Waals surface area contributed by atoms with Crippen molar-refractivity contribution in [2.75, 3.05) is 32.1 Å². The third kappa shape index (κ3) is 24.2. The van der Waals surface area contributed by atoms with Gasteiger partial charge in [-0.05, 0) is 115 Å². The summed E-state index contributed by atoms with van der Waals surface area (Å²) in [7, 11) is -0.710. The molecule has 15 heteroatoms. The number of benzene rings is 3. The highest BCUT2D eigenvalue weighted by molar-refractivity contribution is 7.82. The number of carbonyl (C=O) groups is 3. The van der Waals surface area contributed by atoms with E-state index in [1.807, 2.05) is 86.3 Å². The van der Waals surface area contributed by atoms with Crippen LogP contribution in [-0.4, -0.2) is 83.0 Å². The summed E-state index contributed by atoms with van der Waals surface area (Å²) < 4.78 is 88.5. The molecular weight excluding hydrogens is 809 g/mol. The van der Waals surface area contributed by atoms with Gasteiger partial charge in [0.2, 0.25) is 5.91 Å². The third-order valence-corrected chi connectivity index (χ3v) is 10.3. The van der Waals surface area contributed by atoms with E-state index in [1.165, 1.54) is 35.7 Å². The molecule has 1 amide bonds. The zero-order valence-corrected chi connectivity index (χ0v) is 38.5. The van der Waals surface area contributed by atoms with E-state index in [-0.39, 0.29) is 29.4 Å². The maximum absolute atomic E-state index is 13.3. The number of piperidine rings is 1. The third-order valence-electron chi connectivity index (χ3n) is 8.52. The fraction of sp³-hybridized carbons (Fsp3) is 0.489. The maximum Gasteiger partial charge on any atom is 0.416 e. The number of aliphatic hydroxyl groups is 1. The molecular formula is C45H69F6N3O5S. The Bertz CT molecular complexity index is 1620. The molecule has 1 aliphatic heterocycles. The molecule has 0 saturated carbocycles. The number of allylic oxidation sites excluding steroid dienone is 2. The first-order valence-corrected chi connectivity index (χ1v) is 20.6. The number of likely N-dealkylation sites (tertiary alicyclic amines) is 1. The molecule has 1 aliphatic rings. The Kier molecular flexibility index (Phi) is 35.9. The molecule has 0 aromatic heterocycles. The Labute approximate surface area is 358 Å². The number of hydrogen-bond donors (Lipinski definition) is 2. The first-order valence-electron chi connectivity index (χ1n) is 19.5. The molecule has 1 saturated heterocycles. The fourth-order valence-electron chi connectivity index (χ4n) is 5.15. The zero-order valence-electron chi connectivity index (χ0n) is 37.7. The molecule has 1 unspecified atom stereocenters. The normalized spacial score (nSPS) is 13.1. The van der Waals surface area contributed by atoms with Crippen LogP contribution in [0.25, 0.3) is 0 Å². The highest BCUT2D eigenvalue weighted by Gasteiger charge is 2.34. The Morgan fingerprint density at radius 1 is 0.833 bits per heavy atom. The van der Waals surface area contributed by atoms with E-state index in [1.54, 1.807) is 4.31 Å². The molecule has 3 aromatic rings. The Hall–Kier alpha value is -4.18. The van der Waals surface area contributed by atoms with Gasteiger partial charge in [-0.15, -0.1) is 0 Å². The summed E-state index contributed by atoms with van der Waals surface area (Å²) in [6, 6.07) is 18.5. The van der Waals surface area contributed by atoms with Crippen molar-refractivity contribution < 1.29 is 50.0 Å². The van der Waals surface area contributed by atoms with Crippen LogP contribution >= 0.6 is 0 Å². The van der Waals surface area contributed by atoms with E-state index < -0.39 is 34.5 Å². The smallest absolute Gasteiger partial charge is 0.400 e. The van der Waals surface area contributed by atoms with Crippen molar-refractivity contribution in [3.05, 3.63) is 106 Å². The van der Waals surface area contributed by atoms with E-state index in [4.69, 9.17) is 14.7 Å². The predicted molar refractivity (Wildman–Crippen MR) is 235 cm³/mol. The molecule has 0 spiro atoms. The van der Waals surface area contributed by atoms with Gasteiger partial charge in [-0.3, -0.25) is 9.69 Å². The summed E-state index contributed by atoms with van der Waals surface area (Å²) in [6.45, 7) is 28.1. The summed E-state index contributed by atoms with van der Waals surface area (Å²) in [5, 5.41) is 9.94. The number of nitrogens with one attached hydrogen (secondary N) is 1. The van der Waals surface area contributed by atoms with Crippen LogP contribution in [0.5, 0.6) is 0 Å². The van der Waals surface area contributed by atoms with Crippen molar-refractivity contribution in [1.29, 1.82) is 0 Å². The largest absolute Gasteiger partial charge is 0.416 e. The van der Waals surface area contributed by atoms with Crippen LogP contribution in [0, 0.1) is 27.7 Å². The first kappa shape index (κ1) is 62.5. The van der Waals surface area contributed by atoms with E-state index in [0.29, 0.717) is 25.9 Å². The number of nitrogens with zero attached hydrogens (tertiary/aromatic N) is 2. The molecule has 342 valence electrons. The van der Waals surface area contributed by atoms with Crippen LogP contribution in [-0.2, 0) is 31.5 Å². The van der Waals surface area contributed by atoms with E-state index in [0.717, 1.165) is 43.5 Å². The van der Waals surface area contributed by atoms with Crippen LogP contribution in [0.1, 0.15) is 96.0 Å². The summed E-state index contributed by atoms with van der Waals surface area (Å²) in [5.74, 6) is -0.0870. The van der Waals surface area contributed by atoms with Gasteiger partial charge in [-0.25, -0.2) is 8.51 Å². The average molecular weight is 878 g/mol. The standard InChI is InChI=1S/C24H30F3N3O2S.C9H12.C5H7F3.2C2H6.CH4O.2CH2O/c1-17(2)30(33(32)21-9-6-8-19(15-21)24(25,26)27)20-11-13-29(14-12-20)16-23(31)28-22-10-5-4-7-18(22)3;1-7-5-4-6-8(2)9(7)3;1-3-4(2)5(6,7)8;5*1-2/h4-10,15,17,20H,11-14,16H2,1-3H3,(H,28,31);4-6H,1-3H3;3H,1-2H3;2*1-2H3;2H,1H3;2*1H2/b;;4-3+;;;;;. The van der Waals surface area contributed by atoms with Crippen molar-refractivity contribution in [2.45, 2.75) is 125 Å². The van der Waals surface area contributed by atoms with Crippen LogP contribution in [0.4, 0.5) is 32.0 Å². The van der Waals surface area contributed by atoms with Gasteiger partial charge in [0.05, 0.1) is 17.0 Å². The number of alkyl halides is 6. The number of hydrogen-bond acceptors (Lipinski definition) is 6. The van der Waals surface area contributed by atoms with Gasteiger partial charge in [0.15, 0.2) is 0 Å². The molecule has 2 N–H and O–H groups in total. The van der Waals surface area contributed by atoms with Crippen molar-refractivity contribution >= 4 is 36.2 Å². The van der Waals surface area contributed by atoms with Gasteiger partial charge >= 0.3 is 12.4 Å². The number of aryl methyl sites for hydroxylation is 3. The molecule has 1 atom stereocenters. The van der Waals surface area contributed by atoms with Gasteiger partial charge in [-0.1, -0.05) is 76.2 Å². The van der Waals surface area contributed by atoms with Crippen molar-refractivity contribution in [1.82, 2.24) is 9.21 Å². The lowest BCUT2D eigenvalue weighted by molar-refractivity contribution is -0.137. The van der Waals surface area contributed by atoms with E-state index in [9.17, 15) is 35.3 Å². The van der Waals surface area contributed by atoms with Crippen molar-refractivity contribution in [3.8, 4) is 0 Å². The highest BCUT2D eigenvalue weighted by atomic mass is 32.2. The lowest BCUT2D eigenvalue weighted by Gasteiger charge is -2.39. The lowest BCUT2D eigenvalue weighted by Crippen LogP contribution is -2.49. The molecule has 1 fully saturated rings. The SMILES string of the molecule is C/C=C(\C)C(F)(F)F.C=O.C=O.CC.CC.CO.Cc1cccc(C)c1C.Cc1ccccc1NC(=O)CN1CCC(N(C(C)C)S(=O)c2cccc(C(F)(F)F)c2)CC1. The molecule has 8 nitrogen and oxygen atoms in total. The predicted octanol–water partition coefficient (Wildman–Crippen LogP) is 11.3. The van der Waals surface area contributed by atoms with Crippen LogP contribution in [0.3, 0.4) is 0 Å². The number of aliphatic hydroxyl groups excluding tert-OH is 1. The quantitative estimate of drug-likeness (QED) is 0.181. The molecule has 0 aliphatic carbocycles. The molecule has 0 radical (unpaired) electrons. The molecule has 4 rings (SSSR count). The van der Waals surface area contributed by atoms with Crippen LogP contribution < -0.4 is 5.32 Å². The molecule has 60 heavy (non-hydrogen) atoms. The summed E-state index contributed by atoms with van der Waals surface area (Å²) in [6.07, 6.45) is -6.21. The Balaban J connectivity index is -0.000000474. The van der Waals surface area contributed by atoms with E-state index in [2.05, 4.69) is 49.2 Å². The number of rotatable bonds is 7. The minimum Gasteiger partial charge on any atom is -0.400 e. The minimum absolute atomic E-state index is 0.0453.